The maximum absolute atomic E-state index is 13.3. The van der Waals surface area contributed by atoms with Crippen molar-refractivity contribution >= 4 is 11.9 Å². The van der Waals surface area contributed by atoms with Crippen LogP contribution in [0.2, 0.25) is 0 Å². The number of carbonyl (C=O) groups is 2. The van der Waals surface area contributed by atoms with E-state index in [2.05, 4.69) is 0 Å². The second-order valence-electron chi connectivity index (χ2n) is 6.71. The standard InChI is InChI=1S/C19H17FN2O4/c20-12-6-4-11(5-7-12)15-16-18(24)22-8-2-1-3-13(22)9-21(16)10-14(17(15)23)19(25)26/h4-7,10,13H,1-3,8-9H2,(H,25,26). The molecule has 4 rings (SSSR count). The smallest absolute Gasteiger partial charge is 0.341 e. The Labute approximate surface area is 148 Å². The Morgan fingerprint density at radius 3 is 2.58 bits per heavy atom. The van der Waals surface area contributed by atoms with Gasteiger partial charge in [-0.3, -0.25) is 9.59 Å². The van der Waals surface area contributed by atoms with Crippen molar-refractivity contribution in [3.05, 3.63) is 57.8 Å². The number of fused-ring (bicyclic) bond motifs is 2. The lowest BCUT2D eigenvalue weighted by atomic mass is 9.94. The zero-order valence-electron chi connectivity index (χ0n) is 13.9. The molecule has 134 valence electrons. The van der Waals surface area contributed by atoms with Crippen molar-refractivity contribution in [2.75, 3.05) is 6.54 Å². The minimum Gasteiger partial charge on any atom is -0.477 e. The number of piperidine rings is 1. The van der Waals surface area contributed by atoms with Gasteiger partial charge in [0.15, 0.2) is 0 Å². The molecular weight excluding hydrogens is 339 g/mol. The summed E-state index contributed by atoms with van der Waals surface area (Å²) in [6, 6.07) is 5.18. The number of benzene rings is 1. The number of pyridine rings is 1. The molecule has 0 saturated carbocycles. The fourth-order valence-electron chi connectivity index (χ4n) is 3.90. The van der Waals surface area contributed by atoms with E-state index in [-0.39, 0.29) is 28.8 Å². The maximum atomic E-state index is 13.3. The van der Waals surface area contributed by atoms with Gasteiger partial charge in [0.05, 0.1) is 5.56 Å². The van der Waals surface area contributed by atoms with E-state index in [1.165, 1.54) is 30.5 Å². The van der Waals surface area contributed by atoms with Gasteiger partial charge in [0.25, 0.3) is 5.91 Å². The first-order valence-electron chi connectivity index (χ1n) is 8.55. The maximum Gasteiger partial charge on any atom is 0.341 e. The average Bonchev–Trinajstić information content (AvgIpc) is 2.63. The molecule has 2 aliphatic heterocycles. The molecule has 1 fully saturated rings. The average molecular weight is 356 g/mol. The van der Waals surface area contributed by atoms with Gasteiger partial charge in [-0.1, -0.05) is 12.1 Å². The van der Waals surface area contributed by atoms with E-state index in [4.69, 9.17) is 0 Å². The lowest BCUT2D eigenvalue weighted by Crippen LogP contribution is -2.51. The van der Waals surface area contributed by atoms with Crippen molar-refractivity contribution in [1.29, 1.82) is 0 Å². The van der Waals surface area contributed by atoms with E-state index < -0.39 is 17.2 Å². The Morgan fingerprint density at radius 1 is 1.15 bits per heavy atom. The van der Waals surface area contributed by atoms with Crippen molar-refractivity contribution in [3.8, 4) is 11.1 Å². The van der Waals surface area contributed by atoms with E-state index in [0.29, 0.717) is 18.7 Å². The summed E-state index contributed by atoms with van der Waals surface area (Å²) >= 11 is 0. The molecule has 3 heterocycles. The van der Waals surface area contributed by atoms with Crippen LogP contribution in [0.1, 0.15) is 40.1 Å². The summed E-state index contributed by atoms with van der Waals surface area (Å²) in [5.74, 6) is -2.08. The summed E-state index contributed by atoms with van der Waals surface area (Å²) in [4.78, 5) is 39.2. The molecule has 0 aliphatic carbocycles. The monoisotopic (exact) mass is 356 g/mol. The molecule has 0 bridgehead atoms. The summed E-state index contributed by atoms with van der Waals surface area (Å²) in [5.41, 5.74) is -0.556. The van der Waals surface area contributed by atoms with Crippen LogP contribution in [0.15, 0.2) is 35.3 Å². The van der Waals surface area contributed by atoms with Gasteiger partial charge in [-0.05, 0) is 37.0 Å². The third kappa shape index (κ3) is 2.51. The van der Waals surface area contributed by atoms with Crippen molar-refractivity contribution < 1.29 is 19.1 Å². The predicted octanol–water partition coefficient (Wildman–Crippen LogP) is 2.36. The Hall–Kier alpha value is -2.96. The molecule has 2 aromatic rings. The van der Waals surface area contributed by atoms with Crippen LogP contribution in [0.25, 0.3) is 11.1 Å². The summed E-state index contributed by atoms with van der Waals surface area (Å²) in [5, 5.41) is 9.41. The normalized spacial score (nSPS) is 19.0. The molecule has 2 aliphatic rings. The van der Waals surface area contributed by atoms with Crippen LogP contribution >= 0.6 is 0 Å². The fraction of sp³-hybridized carbons (Fsp3) is 0.316. The number of hydrogen-bond donors (Lipinski definition) is 1. The molecule has 1 amide bonds. The SMILES string of the molecule is O=C(O)c1cn2c(c(-c3ccc(F)cc3)c1=O)C(=O)N1CCCCC1C2. The summed E-state index contributed by atoms with van der Waals surface area (Å²) in [6.45, 7) is 1.08. The van der Waals surface area contributed by atoms with Crippen molar-refractivity contribution in [3.63, 3.8) is 0 Å². The number of hydrogen-bond acceptors (Lipinski definition) is 3. The molecule has 1 saturated heterocycles. The lowest BCUT2D eigenvalue weighted by molar-refractivity contribution is 0.0509. The molecule has 0 radical (unpaired) electrons. The largest absolute Gasteiger partial charge is 0.477 e. The quantitative estimate of drug-likeness (QED) is 0.896. The highest BCUT2D eigenvalue weighted by Gasteiger charge is 2.37. The third-order valence-corrected chi connectivity index (χ3v) is 5.14. The number of halogens is 1. The number of carbonyl (C=O) groups excluding carboxylic acids is 1. The zero-order valence-corrected chi connectivity index (χ0v) is 13.9. The van der Waals surface area contributed by atoms with Gasteiger partial charge < -0.3 is 14.6 Å². The second-order valence-corrected chi connectivity index (χ2v) is 6.71. The van der Waals surface area contributed by atoms with Crippen LogP contribution in [0.3, 0.4) is 0 Å². The van der Waals surface area contributed by atoms with E-state index in [1.54, 1.807) is 9.47 Å². The third-order valence-electron chi connectivity index (χ3n) is 5.14. The highest BCUT2D eigenvalue weighted by atomic mass is 19.1. The molecule has 6 nitrogen and oxygen atoms in total. The van der Waals surface area contributed by atoms with E-state index in [0.717, 1.165) is 19.3 Å². The van der Waals surface area contributed by atoms with Gasteiger partial charge in [-0.25, -0.2) is 9.18 Å². The number of carboxylic acid groups (broad SMARTS) is 1. The Morgan fingerprint density at radius 2 is 1.88 bits per heavy atom. The van der Waals surface area contributed by atoms with Crippen LogP contribution in [0.4, 0.5) is 4.39 Å². The van der Waals surface area contributed by atoms with E-state index in [1.807, 2.05) is 0 Å². The lowest BCUT2D eigenvalue weighted by Gasteiger charge is -2.41. The van der Waals surface area contributed by atoms with Gasteiger partial charge in [-0.2, -0.15) is 0 Å². The number of rotatable bonds is 2. The fourth-order valence-corrected chi connectivity index (χ4v) is 3.90. The van der Waals surface area contributed by atoms with Crippen molar-refractivity contribution in [2.24, 2.45) is 0 Å². The number of nitrogens with zero attached hydrogens (tertiary/aromatic N) is 2. The van der Waals surface area contributed by atoms with Gasteiger partial charge in [0.1, 0.15) is 17.1 Å². The summed E-state index contributed by atoms with van der Waals surface area (Å²) in [7, 11) is 0. The number of aromatic carboxylic acids is 1. The van der Waals surface area contributed by atoms with Gasteiger partial charge in [-0.15, -0.1) is 0 Å². The molecule has 1 aromatic carbocycles. The van der Waals surface area contributed by atoms with E-state index >= 15 is 0 Å². The first-order valence-corrected chi connectivity index (χ1v) is 8.55. The number of aromatic nitrogens is 1. The van der Waals surface area contributed by atoms with Crippen LogP contribution < -0.4 is 5.43 Å². The number of amides is 1. The van der Waals surface area contributed by atoms with Crippen LogP contribution in [0.5, 0.6) is 0 Å². The molecule has 1 N–H and O–H groups in total. The predicted molar refractivity (Wildman–Crippen MR) is 91.7 cm³/mol. The van der Waals surface area contributed by atoms with Crippen LogP contribution in [-0.2, 0) is 6.54 Å². The molecule has 26 heavy (non-hydrogen) atoms. The highest BCUT2D eigenvalue weighted by Crippen LogP contribution is 2.30. The van der Waals surface area contributed by atoms with Crippen LogP contribution in [-0.4, -0.2) is 39.0 Å². The molecular formula is C19H17FN2O4. The van der Waals surface area contributed by atoms with Crippen molar-refractivity contribution in [1.82, 2.24) is 9.47 Å². The minimum atomic E-state index is -1.34. The summed E-state index contributed by atoms with van der Waals surface area (Å²) in [6.07, 6.45) is 4.04. The number of carboxylic acids is 1. The first-order chi connectivity index (χ1) is 12.5. The molecule has 1 unspecified atom stereocenters. The minimum absolute atomic E-state index is 0.00830. The van der Waals surface area contributed by atoms with Crippen molar-refractivity contribution in [2.45, 2.75) is 31.8 Å². The van der Waals surface area contributed by atoms with Gasteiger partial charge in [0.2, 0.25) is 5.43 Å². The molecule has 7 heteroatoms. The van der Waals surface area contributed by atoms with Crippen LogP contribution in [0, 0.1) is 5.82 Å². The molecule has 0 spiro atoms. The zero-order chi connectivity index (χ0) is 18.4. The van der Waals surface area contributed by atoms with Gasteiger partial charge >= 0.3 is 5.97 Å². The highest BCUT2D eigenvalue weighted by molar-refractivity contribution is 6.01. The molecule has 1 atom stereocenters. The summed E-state index contributed by atoms with van der Waals surface area (Å²) < 4.78 is 14.9. The van der Waals surface area contributed by atoms with E-state index in [9.17, 15) is 23.9 Å². The first kappa shape index (κ1) is 16.5. The topological polar surface area (TPSA) is 79.6 Å². The Balaban J connectivity index is 1.99. The Kier molecular flexibility index (Phi) is 3.86. The van der Waals surface area contributed by atoms with Gasteiger partial charge in [0, 0.05) is 25.3 Å². The second kappa shape index (κ2) is 6.09. The Bertz CT molecular complexity index is 965. The molecule has 1 aromatic heterocycles.